The van der Waals surface area contributed by atoms with Crippen molar-refractivity contribution in [2.24, 2.45) is 0 Å². The van der Waals surface area contributed by atoms with Gasteiger partial charge in [-0.1, -0.05) is 0 Å². The van der Waals surface area contributed by atoms with E-state index in [9.17, 15) is 4.79 Å². The third-order valence-corrected chi connectivity index (χ3v) is 3.92. The number of aldehydes is 1. The SMILES string of the molecule is O=Cc1ccc(N(CCO)C2CCC2)s1. The van der Waals surface area contributed by atoms with Crippen molar-refractivity contribution in [3.63, 3.8) is 0 Å². The van der Waals surface area contributed by atoms with Gasteiger partial charge in [-0.2, -0.15) is 0 Å². The van der Waals surface area contributed by atoms with Crippen molar-refractivity contribution in [2.75, 3.05) is 18.1 Å². The summed E-state index contributed by atoms with van der Waals surface area (Å²) < 4.78 is 0. The van der Waals surface area contributed by atoms with Gasteiger partial charge in [0.25, 0.3) is 0 Å². The van der Waals surface area contributed by atoms with Crippen LogP contribution in [0.2, 0.25) is 0 Å². The molecule has 0 saturated heterocycles. The lowest BCUT2D eigenvalue weighted by molar-refractivity contribution is 0.112. The van der Waals surface area contributed by atoms with E-state index in [0.29, 0.717) is 12.6 Å². The van der Waals surface area contributed by atoms with Crippen LogP contribution in [0.1, 0.15) is 28.9 Å². The summed E-state index contributed by atoms with van der Waals surface area (Å²) in [5, 5.41) is 10.1. The number of rotatable bonds is 5. The van der Waals surface area contributed by atoms with Crippen molar-refractivity contribution in [1.82, 2.24) is 0 Å². The van der Waals surface area contributed by atoms with E-state index >= 15 is 0 Å². The van der Waals surface area contributed by atoms with Gasteiger partial charge in [-0.3, -0.25) is 4.79 Å². The molecule has 0 bridgehead atoms. The van der Waals surface area contributed by atoms with Crippen LogP contribution in [-0.2, 0) is 0 Å². The highest BCUT2D eigenvalue weighted by molar-refractivity contribution is 7.17. The first kappa shape index (κ1) is 10.6. The van der Waals surface area contributed by atoms with E-state index < -0.39 is 0 Å². The summed E-state index contributed by atoms with van der Waals surface area (Å²) in [5.41, 5.74) is 0. The highest BCUT2D eigenvalue weighted by Gasteiger charge is 2.25. The molecule has 4 heteroatoms. The van der Waals surface area contributed by atoms with E-state index in [0.717, 1.165) is 16.2 Å². The lowest BCUT2D eigenvalue weighted by Crippen LogP contribution is -2.41. The standard InChI is InChI=1S/C11H15NO2S/c13-7-6-12(9-2-1-3-9)11-5-4-10(8-14)15-11/h4-5,8-9,13H,1-3,6-7H2. The van der Waals surface area contributed by atoms with E-state index in [1.807, 2.05) is 12.1 Å². The molecule has 1 heterocycles. The number of carbonyl (C=O) groups is 1. The van der Waals surface area contributed by atoms with Crippen LogP contribution < -0.4 is 4.90 Å². The number of hydrogen-bond donors (Lipinski definition) is 1. The first-order chi connectivity index (χ1) is 7.35. The number of nitrogens with zero attached hydrogens (tertiary/aromatic N) is 1. The Bertz CT molecular complexity index is 333. The number of aliphatic hydroxyl groups excluding tert-OH is 1. The number of aliphatic hydroxyl groups is 1. The van der Waals surface area contributed by atoms with Crippen molar-refractivity contribution < 1.29 is 9.90 Å². The summed E-state index contributed by atoms with van der Waals surface area (Å²) in [6, 6.07) is 4.38. The Balaban J connectivity index is 2.11. The predicted octanol–water partition coefficient (Wildman–Crippen LogP) is 1.91. The van der Waals surface area contributed by atoms with Crippen molar-refractivity contribution in [2.45, 2.75) is 25.3 Å². The van der Waals surface area contributed by atoms with E-state index in [1.54, 1.807) is 0 Å². The Labute approximate surface area is 93.3 Å². The van der Waals surface area contributed by atoms with E-state index in [2.05, 4.69) is 4.90 Å². The Hall–Kier alpha value is -0.870. The first-order valence-corrected chi connectivity index (χ1v) is 6.09. The minimum Gasteiger partial charge on any atom is -0.395 e. The predicted molar refractivity (Wildman–Crippen MR) is 61.8 cm³/mol. The van der Waals surface area contributed by atoms with Crippen LogP contribution in [0.15, 0.2) is 12.1 Å². The molecule has 82 valence electrons. The molecule has 0 aromatic carbocycles. The van der Waals surface area contributed by atoms with Gasteiger partial charge in [-0.25, -0.2) is 0 Å². The van der Waals surface area contributed by atoms with Crippen molar-refractivity contribution in [1.29, 1.82) is 0 Å². The molecule has 0 radical (unpaired) electrons. The first-order valence-electron chi connectivity index (χ1n) is 5.27. The summed E-state index contributed by atoms with van der Waals surface area (Å²) >= 11 is 1.51. The fourth-order valence-electron chi connectivity index (χ4n) is 1.84. The van der Waals surface area contributed by atoms with Crippen molar-refractivity contribution in [3.8, 4) is 0 Å². The molecule has 2 rings (SSSR count). The number of anilines is 1. The number of carbonyl (C=O) groups excluding carboxylic acids is 1. The lowest BCUT2D eigenvalue weighted by Gasteiger charge is -2.38. The van der Waals surface area contributed by atoms with Crippen LogP contribution in [0.25, 0.3) is 0 Å². The van der Waals surface area contributed by atoms with E-state index in [4.69, 9.17) is 5.11 Å². The maximum Gasteiger partial charge on any atom is 0.160 e. The normalized spacial score (nSPS) is 16.1. The van der Waals surface area contributed by atoms with Crippen LogP contribution in [0, 0.1) is 0 Å². The van der Waals surface area contributed by atoms with Gasteiger partial charge in [0, 0.05) is 12.6 Å². The second kappa shape index (κ2) is 4.77. The van der Waals surface area contributed by atoms with Crippen molar-refractivity contribution in [3.05, 3.63) is 17.0 Å². The molecule has 0 spiro atoms. The van der Waals surface area contributed by atoms with Crippen LogP contribution in [0.3, 0.4) is 0 Å². The highest BCUT2D eigenvalue weighted by atomic mass is 32.1. The molecule has 1 fully saturated rings. The van der Waals surface area contributed by atoms with Crippen LogP contribution in [-0.4, -0.2) is 30.6 Å². The second-order valence-corrected chi connectivity index (χ2v) is 4.89. The quantitative estimate of drug-likeness (QED) is 0.778. The molecular formula is C11H15NO2S. The zero-order chi connectivity index (χ0) is 10.7. The average Bonchev–Trinajstić information content (AvgIpc) is 2.62. The molecule has 1 aromatic rings. The fraction of sp³-hybridized carbons (Fsp3) is 0.545. The minimum absolute atomic E-state index is 0.171. The average molecular weight is 225 g/mol. The monoisotopic (exact) mass is 225 g/mol. The summed E-state index contributed by atoms with van der Waals surface area (Å²) in [7, 11) is 0. The largest absolute Gasteiger partial charge is 0.395 e. The number of hydrogen-bond acceptors (Lipinski definition) is 4. The maximum absolute atomic E-state index is 10.6. The second-order valence-electron chi connectivity index (χ2n) is 3.80. The van der Waals surface area contributed by atoms with Gasteiger partial charge in [0.1, 0.15) is 0 Å². The molecule has 1 saturated carbocycles. The smallest absolute Gasteiger partial charge is 0.160 e. The molecule has 0 aliphatic heterocycles. The fourth-order valence-corrected chi connectivity index (χ4v) is 2.76. The van der Waals surface area contributed by atoms with Crippen LogP contribution >= 0.6 is 11.3 Å². The topological polar surface area (TPSA) is 40.5 Å². The molecule has 1 aliphatic carbocycles. The molecule has 15 heavy (non-hydrogen) atoms. The molecule has 1 aromatic heterocycles. The highest BCUT2D eigenvalue weighted by Crippen LogP contribution is 2.33. The molecule has 1 N–H and O–H groups in total. The van der Waals surface area contributed by atoms with E-state index in [1.165, 1.54) is 30.6 Å². The molecule has 0 unspecified atom stereocenters. The van der Waals surface area contributed by atoms with E-state index in [-0.39, 0.29) is 6.61 Å². The third-order valence-electron chi connectivity index (χ3n) is 2.87. The minimum atomic E-state index is 0.171. The molecule has 1 aliphatic rings. The van der Waals surface area contributed by atoms with Gasteiger partial charge in [0.15, 0.2) is 6.29 Å². The Kier molecular flexibility index (Phi) is 3.38. The summed E-state index contributed by atoms with van der Waals surface area (Å²) in [5.74, 6) is 0. The number of thiophene rings is 1. The molecule has 0 amide bonds. The van der Waals surface area contributed by atoms with Gasteiger partial charge in [0.05, 0.1) is 16.5 Å². The van der Waals surface area contributed by atoms with Crippen molar-refractivity contribution >= 4 is 22.6 Å². The summed E-state index contributed by atoms with van der Waals surface area (Å²) in [6.45, 7) is 0.842. The third kappa shape index (κ3) is 2.21. The van der Waals surface area contributed by atoms with Gasteiger partial charge in [0.2, 0.25) is 0 Å². The Morgan fingerprint density at radius 3 is 2.80 bits per heavy atom. The molecule has 3 nitrogen and oxygen atoms in total. The van der Waals surface area contributed by atoms with Gasteiger partial charge >= 0.3 is 0 Å². The molecular weight excluding hydrogens is 210 g/mol. The van der Waals surface area contributed by atoms with Crippen LogP contribution in [0.5, 0.6) is 0 Å². The van der Waals surface area contributed by atoms with Crippen LogP contribution in [0.4, 0.5) is 5.00 Å². The maximum atomic E-state index is 10.6. The Morgan fingerprint density at radius 2 is 2.33 bits per heavy atom. The zero-order valence-corrected chi connectivity index (χ0v) is 9.37. The molecule has 0 atom stereocenters. The summed E-state index contributed by atoms with van der Waals surface area (Å²) in [6.07, 6.45) is 4.56. The van der Waals surface area contributed by atoms with Gasteiger partial charge in [-0.15, -0.1) is 11.3 Å². The van der Waals surface area contributed by atoms with Gasteiger partial charge in [-0.05, 0) is 31.4 Å². The van der Waals surface area contributed by atoms with Gasteiger partial charge < -0.3 is 10.0 Å². The summed E-state index contributed by atoms with van der Waals surface area (Å²) in [4.78, 5) is 13.6. The zero-order valence-electron chi connectivity index (χ0n) is 8.56. The lowest BCUT2D eigenvalue weighted by atomic mass is 9.91. The Morgan fingerprint density at radius 1 is 1.53 bits per heavy atom.